The molecule has 3 nitrogen and oxygen atoms in total. The van der Waals surface area contributed by atoms with Crippen LogP contribution < -0.4 is 4.74 Å². The van der Waals surface area contributed by atoms with Crippen molar-refractivity contribution in [3.05, 3.63) is 28.8 Å². The molecule has 0 aliphatic carbocycles. The second-order valence-electron chi connectivity index (χ2n) is 5.13. The third-order valence-electron chi connectivity index (χ3n) is 2.75. The molecule has 0 aromatic heterocycles. The van der Waals surface area contributed by atoms with Crippen molar-refractivity contribution >= 4 is 5.97 Å². The van der Waals surface area contributed by atoms with E-state index in [1.807, 2.05) is 19.9 Å². The van der Waals surface area contributed by atoms with Crippen LogP contribution in [-0.2, 0) is 4.79 Å². The fourth-order valence-electron chi connectivity index (χ4n) is 1.74. The van der Waals surface area contributed by atoms with E-state index in [1.165, 1.54) is 5.56 Å². The lowest BCUT2D eigenvalue weighted by molar-refractivity contribution is -0.140. The number of hydrogen-bond acceptors (Lipinski definition) is 2. The largest absolute Gasteiger partial charge is 0.487 e. The molecule has 0 saturated carbocycles. The lowest BCUT2D eigenvalue weighted by Crippen LogP contribution is -2.31. The minimum absolute atomic E-state index is 0.0145. The average molecular weight is 236 g/mol. The van der Waals surface area contributed by atoms with Crippen molar-refractivity contribution in [3.8, 4) is 5.75 Å². The van der Waals surface area contributed by atoms with Gasteiger partial charge in [0, 0.05) is 0 Å². The molecule has 0 saturated heterocycles. The van der Waals surface area contributed by atoms with E-state index in [1.54, 1.807) is 13.8 Å². The highest BCUT2D eigenvalue weighted by Crippen LogP contribution is 2.27. The molecular weight excluding hydrogens is 216 g/mol. The third kappa shape index (κ3) is 3.77. The van der Waals surface area contributed by atoms with E-state index in [4.69, 9.17) is 9.84 Å². The Balaban J connectivity index is 2.95. The first-order chi connectivity index (χ1) is 7.71. The maximum Gasteiger partial charge on any atom is 0.307 e. The van der Waals surface area contributed by atoms with Crippen LogP contribution in [0.2, 0.25) is 0 Å². The Morgan fingerprint density at radius 3 is 2.24 bits per heavy atom. The Kier molecular flexibility index (Phi) is 3.81. The van der Waals surface area contributed by atoms with Crippen molar-refractivity contribution in [1.82, 2.24) is 0 Å². The summed E-state index contributed by atoms with van der Waals surface area (Å²) in [7, 11) is 0. The summed E-state index contributed by atoms with van der Waals surface area (Å²) in [5.74, 6) is -0.0872. The van der Waals surface area contributed by atoms with Gasteiger partial charge in [-0.05, 0) is 57.4 Å². The van der Waals surface area contributed by atoms with Crippen LogP contribution >= 0.6 is 0 Å². The zero-order valence-electron chi connectivity index (χ0n) is 11.1. The van der Waals surface area contributed by atoms with Gasteiger partial charge in [0.1, 0.15) is 11.4 Å². The quantitative estimate of drug-likeness (QED) is 0.873. The molecule has 0 radical (unpaired) electrons. The number of hydrogen-bond donors (Lipinski definition) is 1. The summed E-state index contributed by atoms with van der Waals surface area (Å²) >= 11 is 0. The van der Waals surface area contributed by atoms with Gasteiger partial charge < -0.3 is 9.84 Å². The van der Waals surface area contributed by atoms with Crippen LogP contribution in [0, 0.1) is 20.8 Å². The second-order valence-corrected chi connectivity index (χ2v) is 5.13. The Bertz CT molecular complexity index is 433. The van der Waals surface area contributed by atoms with Crippen LogP contribution in [0.3, 0.4) is 0 Å². The molecule has 94 valence electrons. The number of carboxylic acids is 1. The van der Waals surface area contributed by atoms with Gasteiger partial charge in [-0.15, -0.1) is 0 Å². The van der Waals surface area contributed by atoms with Crippen molar-refractivity contribution in [1.29, 1.82) is 0 Å². The van der Waals surface area contributed by atoms with Gasteiger partial charge in [0.25, 0.3) is 0 Å². The van der Waals surface area contributed by atoms with Crippen molar-refractivity contribution < 1.29 is 14.6 Å². The highest BCUT2D eigenvalue weighted by molar-refractivity contribution is 5.68. The predicted molar refractivity (Wildman–Crippen MR) is 67.6 cm³/mol. The number of carboxylic acid groups (broad SMARTS) is 1. The molecule has 0 spiro atoms. The number of rotatable bonds is 4. The Morgan fingerprint density at radius 2 is 1.71 bits per heavy atom. The molecule has 0 heterocycles. The molecule has 0 atom stereocenters. The molecule has 0 amide bonds. The molecular formula is C14H20O3. The number of ether oxygens (including phenoxy) is 1. The lowest BCUT2D eigenvalue weighted by Gasteiger charge is -2.26. The van der Waals surface area contributed by atoms with Gasteiger partial charge in [-0.1, -0.05) is 6.07 Å². The zero-order valence-corrected chi connectivity index (χ0v) is 11.1. The molecule has 17 heavy (non-hydrogen) atoms. The smallest absolute Gasteiger partial charge is 0.307 e. The van der Waals surface area contributed by atoms with E-state index < -0.39 is 11.6 Å². The molecule has 1 rings (SSSR count). The molecule has 1 N–H and O–H groups in total. The zero-order chi connectivity index (χ0) is 13.2. The van der Waals surface area contributed by atoms with Gasteiger partial charge in [-0.25, -0.2) is 0 Å². The van der Waals surface area contributed by atoms with Gasteiger partial charge in [0.05, 0.1) is 6.42 Å². The summed E-state index contributed by atoms with van der Waals surface area (Å²) in [6, 6.07) is 4.02. The Morgan fingerprint density at radius 1 is 1.18 bits per heavy atom. The Labute approximate surface area is 102 Å². The van der Waals surface area contributed by atoms with E-state index >= 15 is 0 Å². The molecule has 0 aliphatic rings. The number of benzene rings is 1. The van der Waals surface area contributed by atoms with Gasteiger partial charge in [0.15, 0.2) is 0 Å². The molecule has 0 aliphatic heterocycles. The number of aryl methyl sites for hydroxylation is 3. The van der Waals surface area contributed by atoms with E-state index in [-0.39, 0.29) is 6.42 Å². The number of carbonyl (C=O) groups is 1. The standard InChI is InChI=1S/C14H20O3/c1-9-6-11(3)12(7-10(9)2)17-14(4,5)8-13(15)16/h6-7H,8H2,1-5H3,(H,15,16). The lowest BCUT2D eigenvalue weighted by atomic mass is 10.0. The average Bonchev–Trinajstić information content (AvgIpc) is 2.11. The van der Waals surface area contributed by atoms with E-state index in [2.05, 4.69) is 13.0 Å². The molecule has 0 bridgehead atoms. The molecule has 0 fully saturated rings. The minimum Gasteiger partial charge on any atom is -0.487 e. The normalized spacial score (nSPS) is 11.4. The first kappa shape index (κ1) is 13.6. The van der Waals surface area contributed by atoms with Crippen molar-refractivity contribution in [2.75, 3.05) is 0 Å². The molecule has 1 aromatic rings. The minimum atomic E-state index is -0.850. The summed E-state index contributed by atoms with van der Waals surface area (Å²) in [5.41, 5.74) is 2.70. The first-order valence-corrected chi connectivity index (χ1v) is 5.70. The van der Waals surface area contributed by atoms with Crippen LogP contribution in [0.1, 0.15) is 37.0 Å². The molecule has 1 aromatic carbocycles. The topological polar surface area (TPSA) is 46.5 Å². The summed E-state index contributed by atoms with van der Waals surface area (Å²) in [4.78, 5) is 10.7. The fraction of sp³-hybridized carbons (Fsp3) is 0.500. The molecule has 3 heteroatoms. The Hall–Kier alpha value is -1.51. The van der Waals surface area contributed by atoms with Gasteiger partial charge in [-0.3, -0.25) is 4.79 Å². The molecule has 0 unspecified atom stereocenters. The fourth-order valence-corrected chi connectivity index (χ4v) is 1.74. The van der Waals surface area contributed by atoms with Crippen LogP contribution in [-0.4, -0.2) is 16.7 Å². The summed E-state index contributed by atoms with van der Waals surface area (Å²) < 4.78 is 5.80. The summed E-state index contributed by atoms with van der Waals surface area (Å²) in [6.45, 7) is 9.62. The summed E-state index contributed by atoms with van der Waals surface area (Å²) in [6.07, 6.45) is -0.0145. The van der Waals surface area contributed by atoms with Gasteiger partial charge in [-0.2, -0.15) is 0 Å². The monoisotopic (exact) mass is 236 g/mol. The van der Waals surface area contributed by atoms with E-state index in [9.17, 15) is 4.79 Å². The van der Waals surface area contributed by atoms with Crippen molar-refractivity contribution in [3.63, 3.8) is 0 Å². The maximum atomic E-state index is 10.7. The van der Waals surface area contributed by atoms with E-state index in [0.29, 0.717) is 0 Å². The van der Waals surface area contributed by atoms with Crippen LogP contribution in [0.5, 0.6) is 5.75 Å². The first-order valence-electron chi connectivity index (χ1n) is 5.70. The highest BCUT2D eigenvalue weighted by atomic mass is 16.5. The van der Waals surface area contributed by atoms with Gasteiger partial charge >= 0.3 is 5.97 Å². The number of aliphatic carboxylic acids is 1. The van der Waals surface area contributed by atoms with Crippen LogP contribution in [0.15, 0.2) is 12.1 Å². The van der Waals surface area contributed by atoms with Crippen molar-refractivity contribution in [2.24, 2.45) is 0 Å². The van der Waals surface area contributed by atoms with E-state index in [0.717, 1.165) is 16.9 Å². The third-order valence-corrected chi connectivity index (χ3v) is 2.75. The highest BCUT2D eigenvalue weighted by Gasteiger charge is 2.24. The predicted octanol–water partition coefficient (Wildman–Crippen LogP) is 3.24. The van der Waals surface area contributed by atoms with Crippen molar-refractivity contribution in [2.45, 2.75) is 46.6 Å². The van der Waals surface area contributed by atoms with Crippen LogP contribution in [0.4, 0.5) is 0 Å². The second kappa shape index (κ2) is 4.78. The maximum absolute atomic E-state index is 10.7. The summed E-state index contributed by atoms with van der Waals surface area (Å²) in [5, 5.41) is 8.82. The van der Waals surface area contributed by atoms with Gasteiger partial charge in [0.2, 0.25) is 0 Å². The SMILES string of the molecule is Cc1cc(C)c(OC(C)(C)CC(=O)O)cc1C. The van der Waals surface area contributed by atoms with Crippen LogP contribution in [0.25, 0.3) is 0 Å².